The second-order valence-electron chi connectivity index (χ2n) is 5.38. The van der Waals surface area contributed by atoms with Gasteiger partial charge < -0.3 is 9.47 Å². The highest BCUT2D eigenvalue weighted by molar-refractivity contribution is 6.07. The fourth-order valence-corrected chi connectivity index (χ4v) is 2.52. The number of methoxy groups -OCH3 is 2. The molecular formula is C17H21F3O4. The van der Waals surface area contributed by atoms with Crippen LogP contribution < -0.4 is 0 Å². The number of ether oxygens (including phenoxy) is 2. The Morgan fingerprint density at radius 3 is 1.83 bits per heavy atom. The Hall–Kier alpha value is -2.05. The number of aryl methyl sites for hydroxylation is 1. The third-order valence-corrected chi connectivity index (χ3v) is 3.86. The molecule has 0 atom stereocenters. The quantitative estimate of drug-likeness (QED) is 0.430. The van der Waals surface area contributed by atoms with Crippen molar-refractivity contribution in [2.24, 2.45) is 0 Å². The van der Waals surface area contributed by atoms with Crippen molar-refractivity contribution in [1.82, 2.24) is 0 Å². The molecule has 1 aromatic carbocycles. The number of benzene rings is 1. The summed E-state index contributed by atoms with van der Waals surface area (Å²) in [5, 5.41) is 0. The third-order valence-electron chi connectivity index (χ3n) is 3.86. The maximum Gasteiger partial charge on any atom is 0.419 e. The van der Waals surface area contributed by atoms with Crippen molar-refractivity contribution in [3.8, 4) is 0 Å². The minimum atomic E-state index is -5.20. The lowest BCUT2D eigenvalue weighted by atomic mass is 9.79. The highest BCUT2D eigenvalue weighted by atomic mass is 19.4. The SMILES string of the molecule is CCCCCc1ccc(C(C(=O)OC)(C(=O)OC)C(F)(F)F)cc1. The predicted octanol–water partition coefficient (Wildman–Crippen LogP) is 3.57. The van der Waals surface area contributed by atoms with E-state index in [9.17, 15) is 22.8 Å². The zero-order chi connectivity index (χ0) is 18.4. The number of carbonyl (C=O) groups is 2. The van der Waals surface area contributed by atoms with Gasteiger partial charge in [-0.2, -0.15) is 13.2 Å². The molecule has 0 unspecified atom stereocenters. The summed E-state index contributed by atoms with van der Waals surface area (Å²) in [6, 6.07) is 5.22. The van der Waals surface area contributed by atoms with Gasteiger partial charge in [0, 0.05) is 0 Å². The summed E-state index contributed by atoms with van der Waals surface area (Å²) in [7, 11) is 1.59. The van der Waals surface area contributed by atoms with Crippen molar-refractivity contribution < 1.29 is 32.2 Å². The smallest absolute Gasteiger partial charge is 0.419 e. The lowest BCUT2D eigenvalue weighted by Gasteiger charge is -2.30. The molecule has 24 heavy (non-hydrogen) atoms. The van der Waals surface area contributed by atoms with Crippen LogP contribution in [0.15, 0.2) is 24.3 Å². The van der Waals surface area contributed by atoms with Gasteiger partial charge in [0.1, 0.15) is 0 Å². The van der Waals surface area contributed by atoms with E-state index in [0.29, 0.717) is 6.42 Å². The normalized spacial score (nSPS) is 11.9. The van der Waals surface area contributed by atoms with Crippen molar-refractivity contribution in [3.05, 3.63) is 35.4 Å². The van der Waals surface area contributed by atoms with Crippen LogP contribution in [0, 0.1) is 0 Å². The van der Waals surface area contributed by atoms with Gasteiger partial charge in [0.05, 0.1) is 14.2 Å². The Balaban J connectivity index is 3.34. The van der Waals surface area contributed by atoms with E-state index in [-0.39, 0.29) is 0 Å². The fraction of sp³-hybridized carbons (Fsp3) is 0.529. The highest BCUT2D eigenvalue weighted by Gasteiger charge is 2.69. The predicted molar refractivity (Wildman–Crippen MR) is 81.4 cm³/mol. The summed E-state index contributed by atoms with van der Waals surface area (Å²) < 4.78 is 49.6. The molecular weight excluding hydrogens is 325 g/mol. The summed E-state index contributed by atoms with van der Waals surface area (Å²) in [5.74, 6) is -3.44. The summed E-state index contributed by atoms with van der Waals surface area (Å²) >= 11 is 0. The second kappa shape index (κ2) is 8.17. The van der Waals surface area contributed by atoms with Crippen LogP contribution in [0.2, 0.25) is 0 Å². The van der Waals surface area contributed by atoms with E-state index in [1.807, 2.05) is 6.92 Å². The molecule has 0 N–H and O–H groups in total. The Morgan fingerprint density at radius 1 is 0.958 bits per heavy atom. The van der Waals surface area contributed by atoms with Gasteiger partial charge in [0.2, 0.25) is 0 Å². The molecule has 0 saturated carbocycles. The fourth-order valence-electron chi connectivity index (χ4n) is 2.52. The average molecular weight is 346 g/mol. The molecule has 0 bridgehead atoms. The Labute approximate surface area is 138 Å². The lowest BCUT2D eigenvalue weighted by Crippen LogP contribution is -2.56. The number of halogens is 3. The molecule has 0 saturated heterocycles. The van der Waals surface area contributed by atoms with E-state index in [0.717, 1.165) is 51.2 Å². The molecule has 1 rings (SSSR count). The van der Waals surface area contributed by atoms with Crippen LogP contribution in [0.5, 0.6) is 0 Å². The first-order valence-electron chi connectivity index (χ1n) is 7.58. The molecule has 0 fully saturated rings. The van der Waals surface area contributed by atoms with E-state index in [2.05, 4.69) is 9.47 Å². The summed E-state index contributed by atoms with van der Waals surface area (Å²) in [6.45, 7) is 2.05. The van der Waals surface area contributed by atoms with Crippen LogP contribution in [0.4, 0.5) is 13.2 Å². The Morgan fingerprint density at radius 2 is 1.46 bits per heavy atom. The van der Waals surface area contributed by atoms with E-state index in [1.165, 1.54) is 12.1 Å². The van der Waals surface area contributed by atoms with Crippen LogP contribution in [0.25, 0.3) is 0 Å². The van der Waals surface area contributed by atoms with Gasteiger partial charge in [-0.05, 0) is 24.0 Å². The second-order valence-corrected chi connectivity index (χ2v) is 5.38. The molecule has 0 spiro atoms. The topological polar surface area (TPSA) is 52.6 Å². The first-order chi connectivity index (χ1) is 11.2. The highest BCUT2D eigenvalue weighted by Crippen LogP contribution is 2.43. The first-order valence-corrected chi connectivity index (χ1v) is 7.58. The van der Waals surface area contributed by atoms with Gasteiger partial charge in [0.15, 0.2) is 0 Å². The molecule has 7 heteroatoms. The summed E-state index contributed by atoms with van der Waals surface area (Å²) in [6.07, 6.45) is -1.53. The van der Waals surface area contributed by atoms with Crippen molar-refractivity contribution in [1.29, 1.82) is 0 Å². The van der Waals surface area contributed by atoms with Crippen molar-refractivity contribution in [2.75, 3.05) is 14.2 Å². The third kappa shape index (κ3) is 3.71. The zero-order valence-electron chi connectivity index (χ0n) is 13.9. The van der Waals surface area contributed by atoms with Gasteiger partial charge in [-0.15, -0.1) is 0 Å². The molecule has 0 amide bonds. The number of unbranched alkanes of at least 4 members (excludes halogenated alkanes) is 2. The number of alkyl halides is 3. The average Bonchev–Trinajstić information content (AvgIpc) is 2.55. The van der Waals surface area contributed by atoms with Crippen LogP contribution in [-0.4, -0.2) is 32.3 Å². The standard InChI is InChI=1S/C17H21F3O4/c1-4-5-6-7-12-8-10-13(11-9-12)16(14(21)23-2,15(22)24-3)17(18,19)20/h8-11H,4-7H2,1-3H3. The monoisotopic (exact) mass is 346 g/mol. The van der Waals surface area contributed by atoms with Crippen LogP contribution in [0.1, 0.15) is 37.3 Å². The molecule has 0 aliphatic heterocycles. The lowest BCUT2D eigenvalue weighted by molar-refractivity contribution is -0.216. The van der Waals surface area contributed by atoms with Gasteiger partial charge >= 0.3 is 18.1 Å². The Bertz CT molecular complexity index is 548. The first kappa shape index (κ1) is 20.0. The zero-order valence-corrected chi connectivity index (χ0v) is 13.9. The van der Waals surface area contributed by atoms with E-state index < -0.39 is 29.1 Å². The van der Waals surface area contributed by atoms with E-state index in [1.54, 1.807) is 0 Å². The molecule has 0 aromatic heterocycles. The van der Waals surface area contributed by atoms with E-state index >= 15 is 0 Å². The summed E-state index contributed by atoms with van der Waals surface area (Å²) in [4.78, 5) is 23.9. The number of esters is 2. The molecule has 134 valence electrons. The van der Waals surface area contributed by atoms with Crippen LogP contribution in [0.3, 0.4) is 0 Å². The van der Waals surface area contributed by atoms with Crippen molar-refractivity contribution >= 4 is 11.9 Å². The van der Waals surface area contributed by atoms with Gasteiger partial charge in [0.25, 0.3) is 5.41 Å². The van der Waals surface area contributed by atoms with E-state index in [4.69, 9.17) is 0 Å². The molecule has 0 radical (unpaired) electrons. The maximum atomic E-state index is 13.7. The number of hydrogen-bond acceptors (Lipinski definition) is 4. The van der Waals surface area contributed by atoms with Crippen LogP contribution in [-0.2, 0) is 30.9 Å². The van der Waals surface area contributed by atoms with Gasteiger partial charge in [-0.3, -0.25) is 9.59 Å². The Kier molecular flexibility index (Phi) is 6.81. The van der Waals surface area contributed by atoms with Crippen molar-refractivity contribution in [2.45, 2.75) is 44.2 Å². The number of carbonyl (C=O) groups excluding carboxylic acids is 2. The minimum Gasteiger partial charge on any atom is -0.468 e. The number of hydrogen-bond donors (Lipinski definition) is 0. The molecule has 0 heterocycles. The molecule has 4 nitrogen and oxygen atoms in total. The minimum absolute atomic E-state index is 0.520. The summed E-state index contributed by atoms with van der Waals surface area (Å²) in [5.41, 5.74) is -3.18. The molecule has 1 aromatic rings. The largest absolute Gasteiger partial charge is 0.468 e. The van der Waals surface area contributed by atoms with Gasteiger partial charge in [-0.1, -0.05) is 44.0 Å². The van der Waals surface area contributed by atoms with Crippen LogP contribution >= 0.6 is 0 Å². The molecule has 0 aliphatic rings. The molecule has 0 aliphatic carbocycles. The van der Waals surface area contributed by atoms with Gasteiger partial charge in [-0.25, -0.2) is 0 Å². The number of rotatable bonds is 7. The maximum absolute atomic E-state index is 13.7. The van der Waals surface area contributed by atoms with Crippen molar-refractivity contribution in [3.63, 3.8) is 0 Å².